The molecule has 0 spiro atoms. The molecule has 2 N–H and O–H groups in total. The van der Waals surface area contributed by atoms with Gasteiger partial charge >= 0.3 is 5.97 Å². The molecule has 124 valence electrons. The minimum atomic E-state index is -0.877. The molecule has 0 radical (unpaired) electrons. The second-order valence-corrected chi connectivity index (χ2v) is 5.82. The summed E-state index contributed by atoms with van der Waals surface area (Å²) in [5.41, 5.74) is 1.04. The molecule has 1 aliphatic heterocycles. The molecule has 0 saturated carbocycles. The quantitative estimate of drug-likeness (QED) is 0.747. The van der Waals surface area contributed by atoms with Crippen molar-refractivity contribution in [3.8, 4) is 0 Å². The third-order valence-corrected chi connectivity index (χ3v) is 4.15. The molecule has 6 nitrogen and oxygen atoms in total. The monoisotopic (exact) mass is 318 g/mol. The fourth-order valence-corrected chi connectivity index (χ4v) is 2.79. The molecule has 0 aliphatic carbocycles. The normalized spacial score (nSPS) is 18.7. The van der Waals surface area contributed by atoms with Crippen molar-refractivity contribution in [3.05, 3.63) is 35.9 Å². The molecule has 1 fully saturated rings. The van der Waals surface area contributed by atoms with Gasteiger partial charge in [-0.25, -0.2) is 0 Å². The van der Waals surface area contributed by atoms with Gasteiger partial charge in [0, 0.05) is 25.9 Å². The van der Waals surface area contributed by atoms with Crippen molar-refractivity contribution in [2.75, 3.05) is 13.1 Å². The summed E-state index contributed by atoms with van der Waals surface area (Å²) in [7, 11) is 0. The van der Waals surface area contributed by atoms with E-state index in [1.807, 2.05) is 37.3 Å². The number of carbonyl (C=O) groups excluding carboxylic acids is 2. The first-order valence-corrected chi connectivity index (χ1v) is 7.83. The van der Waals surface area contributed by atoms with Gasteiger partial charge in [0.15, 0.2) is 0 Å². The SMILES string of the molecule is C[C@H](c1ccccc1)N1C[C@@H](C(=O)NCCCC(=O)O)CC1=O. The number of carbonyl (C=O) groups is 3. The largest absolute Gasteiger partial charge is 0.481 e. The molecule has 0 aromatic heterocycles. The van der Waals surface area contributed by atoms with Crippen molar-refractivity contribution >= 4 is 17.8 Å². The number of amides is 2. The van der Waals surface area contributed by atoms with Crippen LogP contribution in [0, 0.1) is 5.92 Å². The van der Waals surface area contributed by atoms with Gasteiger partial charge in [0.25, 0.3) is 0 Å². The lowest BCUT2D eigenvalue weighted by Crippen LogP contribution is -2.34. The maximum Gasteiger partial charge on any atom is 0.303 e. The van der Waals surface area contributed by atoms with Crippen LogP contribution in [0.25, 0.3) is 0 Å². The average Bonchev–Trinajstić information content (AvgIpc) is 2.93. The summed E-state index contributed by atoms with van der Waals surface area (Å²) in [5, 5.41) is 11.3. The van der Waals surface area contributed by atoms with E-state index in [4.69, 9.17) is 5.11 Å². The van der Waals surface area contributed by atoms with Gasteiger partial charge in [-0.2, -0.15) is 0 Å². The van der Waals surface area contributed by atoms with Gasteiger partial charge in [0.05, 0.1) is 12.0 Å². The number of likely N-dealkylation sites (tertiary alicyclic amines) is 1. The van der Waals surface area contributed by atoms with E-state index in [1.165, 1.54) is 0 Å². The average molecular weight is 318 g/mol. The van der Waals surface area contributed by atoms with Crippen LogP contribution in [-0.4, -0.2) is 40.9 Å². The van der Waals surface area contributed by atoms with Gasteiger partial charge in [-0.15, -0.1) is 0 Å². The highest BCUT2D eigenvalue weighted by Gasteiger charge is 2.36. The van der Waals surface area contributed by atoms with Crippen LogP contribution in [0.15, 0.2) is 30.3 Å². The summed E-state index contributed by atoms with van der Waals surface area (Å²) < 4.78 is 0. The van der Waals surface area contributed by atoms with E-state index in [1.54, 1.807) is 4.90 Å². The molecule has 1 aromatic carbocycles. The van der Waals surface area contributed by atoms with E-state index in [2.05, 4.69) is 5.32 Å². The van der Waals surface area contributed by atoms with E-state index in [9.17, 15) is 14.4 Å². The number of benzene rings is 1. The lowest BCUT2D eigenvalue weighted by molar-refractivity contribution is -0.137. The summed E-state index contributed by atoms with van der Waals surface area (Å²) in [5.74, 6) is -1.44. The predicted molar refractivity (Wildman–Crippen MR) is 84.6 cm³/mol. The van der Waals surface area contributed by atoms with Crippen LogP contribution in [0.4, 0.5) is 0 Å². The number of nitrogens with zero attached hydrogens (tertiary/aromatic N) is 1. The lowest BCUT2D eigenvalue weighted by atomic mass is 10.1. The number of nitrogens with one attached hydrogen (secondary N) is 1. The molecule has 2 rings (SSSR count). The number of carboxylic acid groups (broad SMARTS) is 1. The summed E-state index contributed by atoms with van der Waals surface area (Å²) >= 11 is 0. The molecule has 0 unspecified atom stereocenters. The first-order valence-electron chi connectivity index (χ1n) is 7.83. The Labute approximate surface area is 135 Å². The Morgan fingerprint density at radius 2 is 2.04 bits per heavy atom. The van der Waals surface area contributed by atoms with Gasteiger partial charge < -0.3 is 15.3 Å². The Balaban J connectivity index is 1.87. The molecule has 23 heavy (non-hydrogen) atoms. The highest BCUT2D eigenvalue weighted by molar-refractivity contribution is 5.89. The Morgan fingerprint density at radius 3 is 2.70 bits per heavy atom. The molecule has 6 heteroatoms. The molecule has 1 aromatic rings. The third-order valence-electron chi connectivity index (χ3n) is 4.15. The maximum absolute atomic E-state index is 12.2. The van der Waals surface area contributed by atoms with Crippen LogP contribution >= 0.6 is 0 Å². The Morgan fingerprint density at radius 1 is 1.35 bits per heavy atom. The van der Waals surface area contributed by atoms with E-state index >= 15 is 0 Å². The number of rotatable bonds is 7. The molecular formula is C17H22N2O4. The smallest absolute Gasteiger partial charge is 0.303 e. The van der Waals surface area contributed by atoms with Crippen LogP contribution in [-0.2, 0) is 14.4 Å². The summed E-state index contributed by atoms with van der Waals surface area (Å²) in [6.07, 6.45) is 0.634. The topological polar surface area (TPSA) is 86.7 Å². The van der Waals surface area contributed by atoms with Gasteiger partial charge in [-0.3, -0.25) is 14.4 Å². The van der Waals surface area contributed by atoms with Crippen molar-refractivity contribution < 1.29 is 19.5 Å². The van der Waals surface area contributed by atoms with Gasteiger partial charge in [0.1, 0.15) is 0 Å². The standard InChI is InChI=1S/C17H22N2O4/c1-12(13-6-3-2-4-7-13)19-11-14(10-15(19)20)17(23)18-9-5-8-16(21)22/h2-4,6-7,12,14H,5,8-11H2,1H3,(H,18,23)(H,21,22)/t12-,14+/m1/s1. The van der Waals surface area contributed by atoms with Gasteiger partial charge in [0.2, 0.25) is 11.8 Å². The zero-order valence-corrected chi connectivity index (χ0v) is 13.2. The minimum absolute atomic E-state index is 0.0213. The fraction of sp³-hybridized carbons (Fsp3) is 0.471. The second kappa shape index (κ2) is 7.76. The zero-order valence-electron chi connectivity index (χ0n) is 13.2. The molecule has 1 saturated heterocycles. The summed E-state index contributed by atoms with van der Waals surface area (Å²) in [4.78, 5) is 36.5. The fourth-order valence-electron chi connectivity index (χ4n) is 2.79. The molecule has 1 heterocycles. The van der Waals surface area contributed by atoms with Crippen LogP contribution in [0.5, 0.6) is 0 Å². The Hall–Kier alpha value is -2.37. The second-order valence-electron chi connectivity index (χ2n) is 5.82. The Bertz CT molecular complexity index is 573. The molecule has 2 atom stereocenters. The van der Waals surface area contributed by atoms with Crippen LogP contribution in [0.1, 0.15) is 37.8 Å². The first-order chi connectivity index (χ1) is 11.0. The highest BCUT2D eigenvalue weighted by atomic mass is 16.4. The van der Waals surface area contributed by atoms with Gasteiger partial charge in [-0.1, -0.05) is 30.3 Å². The van der Waals surface area contributed by atoms with Crippen molar-refractivity contribution in [1.82, 2.24) is 10.2 Å². The number of hydrogen-bond acceptors (Lipinski definition) is 3. The van der Waals surface area contributed by atoms with Crippen molar-refractivity contribution in [3.63, 3.8) is 0 Å². The predicted octanol–water partition coefficient (Wildman–Crippen LogP) is 1.58. The van der Waals surface area contributed by atoms with E-state index in [0.29, 0.717) is 19.5 Å². The highest BCUT2D eigenvalue weighted by Crippen LogP contribution is 2.28. The summed E-state index contributed by atoms with van der Waals surface area (Å²) in [6, 6.07) is 9.66. The number of hydrogen-bond donors (Lipinski definition) is 2. The first kappa shape index (κ1) is 17.0. The number of aliphatic carboxylic acids is 1. The molecule has 2 amide bonds. The van der Waals surface area contributed by atoms with Crippen LogP contribution in [0.3, 0.4) is 0 Å². The third kappa shape index (κ3) is 4.55. The van der Waals surface area contributed by atoms with Gasteiger partial charge in [-0.05, 0) is 18.9 Å². The van der Waals surface area contributed by atoms with Crippen molar-refractivity contribution in [2.45, 2.75) is 32.2 Å². The summed E-state index contributed by atoms with van der Waals surface area (Å²) in [6.45, 7) is 2.68. The van der Waals surface area contributed by atoms with Crippen molar-refractivity contribution in [2.24, 2.45) is 5.92 Å². The van der Waals surface area contributed by atoms with Crippen molar-refractivity contribution in [1.29, 1.82) is 0 Å². The maximum atomic E-state index is 12.2. The molecule has 0 bridgehead atoms. The molecule has 1 aliphatic rings. The lowest BCUT2D eigenvalue weighted by Gasteiger charge is -2.25. The molecular weight excluding hydrogens is 296 g/mol. The van der Waals surface area contributed by atoms with E-state index in [-0.39, 0.29) is 36.6 Å². The van der Waals surface area contributed by atoms with Crippen LogP contribution in [0.2, 0.25) is 0 Å². The zero-order chi connectivity index (χ0) is 16.8. The van der Waals surface area contributed by atoms with Crippen LogP contribution < -0.4 is 5.32 Å². The Kier molecular flexibility index (Phi) is 5.73. The van der Waals surface area contributed by atoms with E-state index in [0.717, 1.165) is 5.56 Å². The van der Waals surface area contributed by atoms with E-state index < -0.39 is 5.97 Å². The minimum Gasteiger partial charge on any atom is -0.481 e. The number of carboxylic acids is 1.